The van der Waals surface area contributed by atoms with Crippen molar-refractivity contribution in [2.45, 2.75) is 51.2 Å². The van der Waals surface area contributed by atoms with Crippen molar-refractivity contribution in [1.29, 1.82) is 5.26 Å². The number of halogens is 5. The minimum absolute atomic E-state index is 0.0767. The maximum absolute atomic E-state index is 13.1. The highest BCUT2D eigenvalue weighted by atomic mass is 19.4. The summed E-state index contributed by atoms with van der Waals surface area (Å²) < 4.78 is 71.3. The number of hydrogen-bond acceptors (Lipinski definition) is 4. The zero-order valence-electron chi connectivity index (χ0n) is 16.3. The monoisotopic (exact) mass is 440 g/mol. The molecule has 31 heavy (non-hydrogen) atoms. The smallest absolute Gasteiger partial charge is 0.425 e. The van der Waals surface area contributed by atoms with Gasteiger partial charge in [-0.15, -0.1) is 0 Å². The van der Waals surface area contributed by atoms with Gasteiger partial charge in [0.15, 0.2) is 6.10 Å². The van der Waals surface area contributed by atoms with Gasteiger partial charge in [-0.05, 0) is 25.1 Å². The summed E-state index contributed by atoms with van der Waals surface area (Å²) in [6, 6.07) is 5.47. The Hall–Kier alpha value is -3.16. The average molecular weight is 440 g/mol. The number of hydrogen-bond donors (Lipinski definition) is 0. The van der Waals surface area contributed by atoms with Crippen molar-refractivity contribution in [2.24, 2.45) is 5.92 Å². The molecule has 2 atom stereocenters. The van der Waals surface area contributed by atoms with Crippen LogP contribution in [0.2, 0.25) is 0 Å². The van der Waals surface area contributed by atoms with E-state index < -0.39 is 30.0 Å². The highest BCUT2D eigenvalue weighted by molar-refractivity contribution is 5.97. The zero-order valence-corrected chi connectivity index (χ0v) is 16.3. The lowest BCUT2D eigenvalue weighted by Crippen LogP contribution is -2.32. The van der Waals surface area contributed by atoms with Crippen LogP contribution in [0.3, 0.4) is 0 Å². The maximum Gasteiger partial charge on any atom is 0.425 e. The Balaban J connectivity index is 1.51. The van der Waals surface area contributed by atoms with E-state index in [0.29, 0.717) is 11.3 Å². The minimum Gasteiger partial charge on any atom is -0.480 e. The molecule has 1 saturated carbocycles. The van der Waals surface area contributed by atoms with E-state index in [4.69, 9.17) is 10.00 Å². The van der Waals surface area contributed by atoms with Crippen LogP contribution < -0.4 is 4.74 Å². The van der Waals surface area contributed by atoms with Crippen molar-refractivity contribution < 1.29 is 31.5 Å². The molecule has 1 aromatic heterocycles. The molecule has 2 heterocycles. The van der Waals surface area contributed by atoms with Gasteiger partial charge in [0.05, 0.1) is 29.4 Å². The molecule has 0 saturated heterocycles. The molecular weight excluding hydrogens is 423 g/mol. The van der Waals surface area contributed by atoms with E-state index in [1.807, 2.05) is 6.07 Å². The number of nitrogens with zero attached hydrogens (tertiary/aromatic N) is 4. The molecule has 0 spiro atoms. The lowest BCUT2D eigenvalue weighted by molar-refractivity contribution is -0.189. The average Bonchev–Trinajstić information content (AvgIpc) is 3.00. The van der Waals surface area contributed by atoms with E-state index in [0.717, 1.165) is 6.92 Å². The molecule has 4 rings (SSSR count). The van der Waals surface area contributed by atoms with Crippen molar-refractivity contribution >= 4 is 5.91 Å². The van der Waals surface area contributed by atoms with Gasteiger partial charge in [0.2, 0.25) is 0 Å². The number of aromatic nitrogens is 2. The minimum atomic E-state index is -4.62. The molecule has 164 valence electrons. The van der Waals surface area contributed by atoms with Gasteiger partial charge in [-0.1, -0.05) is 0 Å². The Labute approximate surface area is 173 Å². The third-order valence-electron chi connectivity index (χ3n) is 5.38. The summed E-state index contributed by atoms with van der Waals surface area (Å²) in [5.41, 5.74) is 1.16. The highest BCUT2D eigenvalue weighted by Gasteiger charge is 2.56. The molecule has 2 aliphatic rings. The Kier molecular flexibility index (Phi) is 4.91. The summed E-state index contributed by atoms with van der Waals surface area (Å²) in [6.45, 7) is 1.11. The van der Waals surface area contributed by atoms with Crippen molar-refractivity contribution in [3.8, 4) is 11.8 Å². The largest absolute Gasteiger partial charge is 0.480 e. The lowest BCUT2D eigenvalue weighted by Gasteiger charge is -2.22. The Bertz CT molecular complexity index is 1050. The second-order valence-electron chi connectivity index (χ2n) is 7.77. The molecule has 0 radical (unpaired) electrons. The third-order valence-corrected chi connectivity index (χ3v) is 5.38. The molecule has 1 aromatic carbocycles. The first-order valence-corrected chi connectivity index (χ1v) is 9.48. The van der Waals surface area contributed by atoms with Gasteiger partial charge in [-0.25, -0.2) is 8.78 Å². The predicted molar refractivity (Wildman–Crippen MR) is 96.2 cm³/mol. The number of carbonyl (C=O) groups is 1. The van der Waals surface area contributed by atoms with Crippen LogP contribution in [0.5, 0.6) is 5.75 Å². The Morgan fingerprint density at radius 1 is 1.39 bits per heavy atom. The van der Waals surface area contributed by atoms with Crippen LogP contribution in [-0.2, 0) is 19.6 Å². The van der Waals surface area contributed by atoms with Crippen molar-refractivity contribution in [3.63, 3.8) is 0 Å². The first-order chi connectivity index (χ1) is 14.5. The number of amides is 1. The fourth-order valence-electron chi connectivity index (χ4n) is 3.44. The topological polar surface area (TPSA) is 71.2 Å². The molecule has 1 unspecified atom stereocenters. The molecule has 0 N–H and O–H groups in total. The Morgan fingerprint density at radius 3 is 2.68 bits per heavy atom. The Morgan fingerprint density at radius 2 is 2.10 bits per heavy atom. The van der Waals surface area contributed by atoms with Crippen LogP contribution in [0.25, 0.3) is 0 Å². The number of benzene rings is 1. The third kappa shape index (κ3) is 4.19. The number of fused-ring (bicyclic) bond motifs is 1. The van der Waals surface area contributed by atoms with E-state index in [2.05, 4.69) is 5.10 Å². The van der Waals surface area contributed by atoms with Crippen molar-refractivity contribution in [2.75, 3.05) is 0 Å². The second kappa shape index (κ2) is 7.21. The summed E-state index contributed by atoms with van der Waals surface area (Å²) in [5.74, 6) is -4.29. The molecular formula is C20H17F5N4O2. The second-order valence-corrected chi connectivity index (χ2v) is 7.77. The van der Waals surface area contributed by atoms with Gasteiger partial charge in [-0.3, -0.25) is 9.48 Å². The fourth-order valence-corrected chi connectivity index (χ4v) is 3.44. The van der Waals surface area contributed by atoms with E-state index >= 15 is 0 Å². The summed E-state index contributed by atoms with van der Waals surface area (Å²) in [5, 5.41) is 13.4. The van der Waals surface area contributed by atoms with Crippen LogP contribution in [0.15, 0.2) is 24.4 Å². The lowest BCUT2D eigenvalue weighted by atomic mass is 10.1. The van der Waals surface area contributed by atoms with E-state index in [1.165, 1.54) is 27.8 Å². The molecule has 6 nitrogen and oxygen atoms in total. The summed E-state index contributed by atoms with van der Waals surface area (Å²) >= 11 is 0. The van der Waals surface area contributed by atoms with E-state index in [1.54, 1.807) is 6.20 Å². The van der Waals surface area contributed by atoms with Crippen LogP contribution in [0.1, 0.15) is 40.5 Å². The number of ether oxygens (including phenoxy) is 1. The maximum atomic E-state index is 13.1. The van der Waals surface area contributed by atoms with Crippen molar-refractivity contribution in [3.05, 3.63) is 46.8 Å². The van der Waals surface area contributed by atoms with Gasteiger partial charge in [0, 0.05) is 37.2 Å². The van der Waals surface area contributed by atoms with E-state index in [9.17, 15) is 26.7 Å². The number of nitriles is 1. The molecule has 1 amide bonds. The predicted octanol–water partition coefficient (Wildman–Crippen LogP) is 3.90. The molecule has 1 fully saturated rings. The molecule has 1 aliphatic heterocycles. The fraction of sp³-hybridized carbons (Fsp3) is 0.450. The molecule has 11 heteroatoms. The zero-order chi connectivity index (χ0) is 22.6. The van der Waals surface area contributed by atoms with Crippen LogP contribution >= 0.6 is 0 Å². The van der Waals surface area contributed by atoms with Gasteiger partial charge < -0.3 is 9.64 Å². The van der Waals surface area contributed by atoms with Gasteiger partial charge >= 0.3 is 6.18 Å². The summed E-state index contributed by atoms with van der Waals surface area (Å²) in [6.07, 6.45) is -5.34. The summed E-state index contributed by atoms with van der Waals surface area (Å²) in [4.78, 5) is 14.4. The first kappa shape index (κ1) is 21.1. The SMILES string of the molecule is C[C@H](Oc1ccc(C#N)cc1C(=O)N1Cc2cn(CC3CC3(F)F)nc2C1)C(F)(F)F. The molecule has 1 aliphatic carbocycles. The molecule has 0 bridgehead atoms. The molecule has 2 aromatic rings. The van der Waals surface area contributed by atoms with Crippen molar-refractivity contribution in [1.82, 2.24) is 14.7 Å². The van der Waals surface area contributed by atoms with Crippen LogP contribution in [-0.4, -0.2) is 38.8 Å². The highest BCUT2D eigenvalue weighted by Crippen LogP contribution is 2.49. The standard InChI is InChI=1S/C20H17F5N4O2/c1-11(20(23,24)25)31-17-3-2-12(6-26)4-15(17)18(30)28-7-13-8-29(27-16(13)10-28)9-14-5-19(14,21)22/h2-4,8,11,14H,5,7,9-10H2,1H3/t11-,14?/m0/s1. The van der Waals surface area contributed by atoms with Gasteiger partial charge in [0.1, 0.15) is 5.75 Å². The van der Waals surface area contributed by atoms with E-state index in [-0.39, 0.29) is 42.9 Å². The number of carbonyl (C=O) groups excluding carboxylic acids is 1. The van der Waals surface area contributed by atoms with Crippen LogP contribution in [0.4, 0.5) is 22.0 Å². The number of rotatable bonds is 5. The van der Waals surface area contributed by atoms with Gasteiger partial charge in [-0.2, -0.15) is 23.5 Å². The quantitative estimate of drug-likeness (QED) is 0.662. The normalized spacial score (nSPS) is 20.2. The van der Waals surface area contributed by atoms with Crippen LogP contribution in [0, 0.1) is 17.2 Å². The summed E-state index contributed by atoms with van der Waals surface area (Å²) in [7, 11) is 0. The number of alkyl halides is 5. The first-order valence-electron chi connectivity index (χ1n) is 9.48. The van der Waals surface area contributed by atoms with Gasteiger partial charge in [0.25, 0.3) is 11.8 Å².